The molecule has 6 nitrogen and oxygen atoms in total. The molecule has 0 radical (unpaired) electrons. The van der Waals surface area contributed by atoms with Crippen LogP contribution in [0.25, 0.3) is 0 Å². The maximum Gasteiger partial charge on any atom is 0.274 e. The van der Waals surface area contributed by atoms with Gasteiger partial charge in [0.1, 0.15) is 5.82 Å². The summed E-state index contributed by atoms with van der Waals surface area (Å²) >= 11 is 0. The molecule has 1 atom stereocenters. The van der Waals surface area contributed by atoms with E-state index in [4.69, 9.17) is 0 Å². The zero-order valence-corrected chi connectivity index (χ0v) is 10.7. The van der Waals surface area contributed by atoms with E-state index < -0.39 is 11.0 Å². The van der Waals surface area contributed by atoms with E-state index >= 15 is 0 Å². The summed E-state index contributed by atoms with van der Waals surface area (Å²) in [6.45, 7) is 4.41. The highest BCUT2D eigenvalue weighted by atomic mass is 16.6. The van der Waals surface area contributed by atoms with Gasteiger partial charge in [-0.1, -0.05) is 26.7 Å². The van der Waals surface area contributed by atoms with E-state index in [1.165, 1.54) is 18.3 Å². The van der Waals surface area contributed by atoms with Crippen LogP contribution in [0.1, 0.15) is 26.7 Å². The van der Waals surface area contributed by atoms with Crippen molar-refractivity contribution < 1.29 is 10.0 Å². The fourth-order valence-electron chi connectivity index (χ4n) is 1.84. The molecule has 0 spiro atoms. The van der Waals surface area contributed by atoms with Crippen molar-refractivity contribution in [3.05, 3.63) is 28.4 Å². The van der Waals surface area contributed by atoms with Crippen LogP contribution in [0.15, 0.2) is 18.3 Å². The van der Waals surface area contributed by atoms with Gasteiger partial charge in [0.15, 0.2) is 0 Å². The maximum atomic E-state index is 10.6. The molecule has 0 saturated carbocycles. The quantitative estimate of drug-likeness (QED) is 0.574. The second-order valence-corrected chi connectivity index (χ2v) is 4.18. The number of hydrogen-bond acceptors (Lipinski definition) is 5. The largest absolute Gasteiger partial charge is 0.391 e. The van der Waals surface area contributed by atoms with Crippen molar-refractivity contribution in [2.24, 2.45) is 5.92 Å². The van der Waals surface area contributed by atoms with Gasteiger partial charge in [-0.05, 0) is 5.92 Å². The molecule has 0 aliphatic rings. The fourth-order valence-corrected chi connectivity index (χ4v) is 1.84. The zero-order valence-electron chi connectivity index (χ0n) is 10.7. The summed E-state index contributed by atoms with van der Waals surface area (Å²) in [6.07, 6.45) is 2.72. The lowest BCUT2D eigenvalue weighted by Gasteiger charge is -2.20. The highest BCUT2D eigenvalue weighted by Crippen LogP contribution is 2.16. The minimum atomic E-state index is -0.471. The molecular weight excluding hydrogens is 234 g/mol. The molecule has 0 amide bonds. The highest BCUT2D eigenvalue weighted by molar-refractivity contribution is 5.44. The molecule has 1 rings (SSSR count). The van der Waals surface area contributed by atoms with Crippen molar-refractivity contribution in [3.8, 4) is 0 Å². The van der Waals surface area contributed by atoms with Gasteiger partial charge in [0, 0.05) is 18.8 Å². The first-order valence-electron chi connectivity index (χ1n) is 6.10. The predicted molar refractivity (Wildman–Crippen MR) is 69.5 cm³/mol. The van der Waals surface area contributed by atoms with E-state index in [9.17, 15) is 15.2 Å². The number of nitrogens with one attached hydrogen (secondary N) is 1. The standard InChI is InChI=1S/C12H19N3O3/c1-3-9(4-2)11(16)8-14-12-7-10(15(17)18)5-6-13-12/h5-7,9,11,16H,3-4,8H2,1-2H3,(H,13,14). The smallest absolute Gasteiger partial charge is 0.274 e. The van der Waals surface area contributed by atoms with Crippen LogP contribution in [0.5, 0.6) is 0 Å². The van der Waals surface area contributed by atoms with Crippen molar-refractivity contribution in [2.75, 3.05) is 11.9 Å². The van der Waals surface area contributed by atoms with Crippen LogP contribution >= 0.6 is 0 Å². The summed E-state index contributed by atoms with van der Waals surface area (Å²) in [5.41, 5.74) is -0.00970. The average Bonchev–Trinajstić information content (AvgIpc) is 2.38. The number of rotatable bonds is 7. The molecule has 1 heterocycles. The summed E-state index contributed by atoms with van der Waals surface area (Å²) in [5.74, 6) is 0.644. The van der Waals surface area contributed by atoms with Gasteiger partial charge >= 0.3 is 0 Å². The van der Waals surface area contributed by atoms with Crippen LogP contribution in [-0.4, -0.2) is 27.7 Å². The van der Waals surface area contributed by atoms with Crippen LogP contribution in [0, 0.1) is 16.0 Å². The molecule has 0 aliphatic heterocycles. The SMILES string of the molecule is CCC(CC)C(O)CNc1cc([N+](=O)[O-])ccn1. The van der Waals surface area contributed by atoms with Crippen LogP contribution in [0.4, 0.5) is 11.5 Å². The molecular formula is C12H19N3O3. The van der Waals surface area contributed by atoms with E-state index in [1.807, 2.05) is 13.8 Å². The van der Waals surface area contributed by atoms with Gasteiger partial charge in [0.25, 0.3) is 5.69 Å². The maximum absolute atomic E-state index is 10.6. The number of nitrogens with zero attached hydrogens (tertiary/aromatic N) is 2. The highest BCUT2D eigenvalue weighted by Gasteiger charge is 2.15. The number of aromatic nitrogens is 1. The second kappa shape index (κ2) is 6.90. The third-order valence-corrected chi connectivity index (χ3v) is 3.04. The molecule has 1 unspecified atom stereocenters. The molecule has 0 bridgehead atoms. The first-order valence-corrected chi connectivity index (χ1v) is 6.10. The van der Waals surface area contributed by atoms with Crippen LogP contribution < -0.4 is 5.32 Å². The second-order valence-electron chi connectivity index (χ2n) is 4.18. The van der Waals surface area contributed by atoms with Gasteiger partial charge in [0.2, 0.25) is 0 Å². The summed E-state index contributed by atoms with van der Waals surface area (Å²) in [4.78, 5) is 14.1. The number of hydrogen-bond donors (Lipinski definition) is 2. The van der Waals surface area contributed by atoms with E-state index in [0.717, 1.165) is 12.8 Å². The van der Waals surface area contributed by atoms with Gasteiger partial charge in [-0.15, -0.1) is 0 Å². The molecule has 0 fully saturated rings. The molecule has 100 valence electrons. The van der Waals surface area contributed by atoms with Crippen LogP contribution in [-0.2, 0) is 0 Å². The number of aliphatic hydroxyl groups is 1. The van der Waals surface area contributed by atoms with Gasteiger partial charge in [-0.3, -0.25) is 10.1 Å². The van der Waals surface area contributed by atoms with Crippen LogP contribution in [0.3, 0.4) is 0 Å². The zero-order chi connectivity index (χ0) is 13.5. The molecule has 2 N–H and O–H groups in total. The molecule has 0 aromatic carbocycles. The molecule has 1 aromatic rings. The van der Waals surface area contributed by atoms with Crippen molar-refractivity contribution in [2.45, 2.75) is 32.8 Å². The average molecular weight is 253 g/mol. The van der Waals surface area contributed by atoms with Crippen molar-refractivity contribution in [1.82, 2.24) is 4.98 Å². The van der Waals surface area contributed by atoms with Crippen molar-refractivity contribution >= 4 is 11.5 Å². The van der Waals surface area contributed by atoms with E-state index in [1.54, 1.807) is 0 Å². The Kier molecular flexibility index (Phi) is 5.51. The molecule has 6 heteroatoms. The Bertz CT molecular complexity index is 394. The van der Waals surface area contributed by atoms with Gasteiger partial charge in [-0.2, -0.15) is 0 Å². The Morgan fingerprint density at radius 3 is 2.72 bits per heavy atom. The van der Waals surface area contributed by atoms with Crippen molar-refractivity contribution in [1.29, 1.82) is 0 Å². The van der Waals surface area contributed by atoms with E-state index in [2.05, 4.69) is 10.3 Å². The lowest BCUT2D eigenvalue weighted by Crippen LogP contribution is -2.27. The Balaban J connectivity index is 2.58. The van der Waals surface area contributed by atoms with E-state index in [0.29, 0.717) is 12.4 Å². The van der Waals surface area contributed by atoms with E-state index in [-0.39, 0.29) is 11.6 Å². The molecule has 0 saturated heterocycles. The monoisotopic (exact) mass is 253 g/mol. The Labute approximate surface area is 106 Å². The van der Waals surface area contributed by atoms with Crippen molar-refractivity contribution in [3.63, 3.8) is 0 Å². The van der Waals surface area contributed by atoms with Crippen LogP contribution in [0.2, 0.25) is 0 Å². The lowest BCUT2D eigenvalue weighted by molar-refractivity contribution is -0.384. The minimum Gasteiger partial charge on any atom is -0.391 e. The summed E-state index contributed by atoms with van der Waals surface area (Å²) in [6, 6.07) is 2.70. The lowest BCUT2D eigenvalue weighted by atomic mass is 9.97. The summed E-state index contributed by atoms with van der Waals surface area (Å²) in [7, 11) is 0. The first kappa shape index (κ1) is 14.4. The number of anilines is 1. The summed E-state index contributed by atoms with van der Waals surface area (Å²) in [5, 5.41) is 23.4. The fraction of sp³-hybridized carbons (Fsp3) is 0.583. The minimum absolute atomic E-state index is 0.00970. The number of pyridine rings is 1. The number of aliphatic hydroxyl groups excluding tert-OH is 1. The first-order chi connectivity index (χ1) is 8.58. The third-order valence-electron chi connectivity index (χ3n) is 3.04. The third kappa shape index (κ3) is 3.96. The molecule has 0 aliphatic carbocycles. The number of nitro groups is 1. The Morgan fingerprint density at radius 2 is 2.17 bits per heavy atom. The Morgan fingerprint density at radius 1 is 1.50 bits per heavy atom. The molecule has 1 aromatic heterocycles. The topological polar surface area (TPSA) is 88.3 Å². The Hall–Kier alpha value is -1.69. The molecule has 18 heavy (non-hydrogen) atoms. The van der Waals surface area contributed by atoms with Gasteiger partial charge in [0.05, 0.1) is 17.1 Å². The van der Waals surface area contributed by atoms with Gasteiger partial charge < -0.3 is 10.4 Å². The van der Waals surface area contributed by atoms with Gasteiger partial charge in [-0.25, -0.2) is 4.98 Å². The summed E-state index contributed by atoms with van der Waals surface area (Å²) < 4.78 is 0. The predicted octanol–water partition coefficient (Wildman–Crippen LogP) is 2.20. The normalized spacial score (nSPS) is 12.4.